The number of halogens is 2. The van der Waals surface area contributed by atoms with Crippen LogP contribution in [0.4, 0.5) is 0 Å². The van der Waals surface area contributed by atoms with Gasteiger partial charge in [-0.05, 0) is 106 Å². The molecule has 4 rings (SSSR count). The molecule has 0 N–H and O–H groups in total. The van der Waals surface area contributed by atoms with Crippen LogP contribution in [-0.2, 0) is 25.5 Å². The van der Waals surface area contributed by atoms with Crippen LogP contribution in [0.1, 0.15) is 81.4 Å². The average Bonchev–Trinajstić information content (AvgIpc) is 3.68. The van der Waals surface area contributed by atoms with Crippen LogP contribution in [0, 0.1) is 29.1 Å². The lowest BCUT2D eigenvalue weighted by Crippen LogP contribution is -2.23. The summed E-state index contributed by atoms with van der Waals surface area (Å²) in [5.41, 5.74) is 0.352. The van der Waals surface area contributed by atoms with Gasteiger partial charge in [0.05, 0.1) is 26.2 Å². The minimum absolute atomic E-state index is 0.0369. The molecule has 0 spiro atoms. The third-order valence-electron chi connectivity index (χ3n) is 7.60. The molecule has 1 aliphatic carbocycles. The van der Waals surface area contributed by atoms with Gasteiger partial charge in [0.2, 0.25) is 5.28 Å². The van der Waals surface area contributed by atoms with Crippen LogP contribution in [0.5, 0.6) is 5.75 Å². The molecule has 2 heterocycles. The number of ketones is 1. The molecule has 0 amide bonds. The maximum Gasteiger partial charge on any atom is 0.308 e. The van der Waals surface area contributed by atoms with E-state index in [9.17, 15) is 9.59 Å². The monoisotopic (exact) mass is 634 g/mol. The molecule has 1 aromatic carbocycles. The van der Waals surface area contributed by atoms with Gasteiger partial charge in [0.1, 0.15) is 23.7 Å². The second-order valence-electron chi connectivity index (χ2n) is 11.6. The van der Waals surface area contributed by atoms with Crippen LogP contribution in [0.2, 0.25) is 10.3 Å². The van der Waals surface area contributed by atoms with Crippen LogP contribution in [0.15, 0.2) is 24.3 Å². The largest absolute Gasteiger partial charge is 0.492 e. The van der Waals surface area contributed by atoms with Gasteiger partial charge < -0.3 is 23.5 Å². The van der Waals surface area contributed by atoms with Gasteiger partial charge in [-0.25, -0.2) is 4.98 Å². The maximum absolute atomic E-state index is 13.5. The Balaban J connectivity index is 0.000000915. The molecule has 1 aliphatic heterocycles. The molecule has 0 unspecified atom stereocenters. The summed E-state index contributed by atoms with van der Waals surface area (Å²) in [5.74, 6) is 7.08. The van der Waals surface area contributed by atoms with Crippen molar-refractivity contribution in [3.8, 4) is 17.6 Å². The summed E-state index contributed by atoms with van der Waals surface area (Å²) in [7, 11) is 3.06. The molecule has 2 aliphatic rings. The molecule has 2 aromatic rings. The molecular weight excluding hydrogens is 591 g/mol. The number of nitrogens with zero attached hydrogens (tertiary/aromatic N) is 2. The number of esters is 1. The van der Waals surface area contributed by atoms with E-state index in [2.05, 4.69) is 16.8 Å². The van der Waals surface area contributed by atoms with Crippen molar-refractivity contribution >= 4 is 35.0 Å². The minimum atomic E-state index is -0.415. The van der Waals surface area contributed by atoms with Crippen molar-refractivity contribution in [2.75, 3.05) is 40.6 Å². The van der Waals surface area contributed by atoms with Crippen LogP contribution < -0.4 is 4.74 Å². The number of rotatable bonds is 11. The number of carbonyl (C=O) groups is 2. The molecule has 0 radical (unpaired) electrons. The molecule has 0 bridgehead atoms. The van der Waals surface area contributed by atoms with Gasteiger partial charge in [0.25, 0.3) is 0 Å². The number of methoxy groups -OCH3 is 2. The number of benzene rings is 1. The second-order valence-corrected chi connectivity index (χ2v) is 12.4. The van der Waals surface area contributed by atoms with E-state index in [1.165, 1.54) is 20.0 Å². The second kappa shape index (κ2) is 17.7. The fraction of sp³-hybridized carbons (Fsp3) is 0.606. The van der Waals surface area contributed by atoms with E-state index in [0.29, 0.717) is 47.7 Å². The van der Waals surface area contributed by atoms with E-state index in [1.807, 2.05) is 13.8 Å². The van der Waals surface area contributed by atoms with Gasteiger partial charge in [-0.15, -0.1) is 0 Å². The minimum Gasteiger partial charge on any atom is -0.492 e. The molecule has 0 atom stereocenters. The molecular formula is C33H44Cl2N2O6. The van der Waals surface area contributed by atoms with E-state index in [-0.39, 0.29) is 29.6 Å². The van der Waals surface area contributed by atoms with Crippen LogP contribution in [0.3, 0.4) is 0 Å². The number of carbonyl (C=O) groups excluding carboxylic acids is 2. The first kappa shape index (κ1) is 34.9. The van der Waals surface area contributed by atoms with Crippen LogP contribution in [-0.4, -0.2) is 62.0 Å². The number of hydrogen-bond donors (Lipinski definition) is 0. The number of hydrogen-bond acceptors (Lipinski definition) is 7. The molecule has 236 valence electrons. The highest BCUT2D eigenvalue weighted by Gasteiger charge is 2.28. The smallest absolute Gasteiger partial charge is 0.308 e. The average molecular weight is 636 g/mol. The van der Waals surface area contributed by atoms with E-state index in [0.717, 1.165) is 45.3 Å². The lowest BCUT2D eigenvalue weighted by Gasteiger charge is -2.26. The third kappa shape index (κ3) is 11.5. The Morgan fingerprint density at radius 3 is 2.33 bits per heavy atom. The zero-order valence-corrected chi connectivity index (χ0v) is 27.3. The van der Waals surface area contributed by atoms with Crippen molar-refractivity contribution in [3.63, 3.8) is 0 Å². The first-order valence-corrected chi connectivity index (χ1v) is 15.7. The number of Topliss-reactive ketones (excluding diaryl/α,β-unsaturated/α-hetero) is 1. The molecule has 1 saturated heterocycles. The summed E-state index contributed by atoms with van der Waals surface area (Å²) >= 11 is 12.5. The number of aromatic nitrogens is 2. The SMILES string of the molecule is C1CCOC1.COCC(C)(C)C#Cc1nc(Cl)n(CCOc2ccc(Cl)cc2)c1C(=O)CCC1CCC(C(=O)OC)CC1. The fourth-order valence-corrected chi connectivity index (χ4v) is 5.61. The predicted molar refractivity (Wildman–Crippen MR) is 168 cm³/mol. The standard InChI is InChI=1S/C29H36Cl2N2O5.C4H8O/c1-29(2,19-36-3)16-15-24-26(25(34)14-7-20-5-8-21(9-6-20)27(35)37-4)33(28(31)32-24)17-18-38-23-12-10-22(30)11-13-23;1-2-4-5-3-1/h10-13,20-21H,5-9,14,17-19H2,1-4H3;1-4H2. The Kier molecular flexibility index (Phi) is 14.3. The molecule has 8 nitrogen and oxygen atoms in total. The highest BCUT2D eigenvalue weighted by atomic mass is 35.5. The van der Waals surface area contributed by atoms with Crippen molar-refractivity contribution in [2.45, 2.75) is 71.8 Å². The Labute approximate surface area is 265 Å². The molecule has 1 aromatic heterocycles. The Bertz CT molecular complexity index is 1230. The normalized spacial score (nSPS) is 18.2. The zero-order chi connectivity index (χ0) is 31.2. The predicted octanol–water partition coefficient (Wildman–Crippen LogP) is 7.03. The summed E-state index contributed by atoms with van der Waals surface area (Å²) in [4.78, 5) is 29.8. The van der Waals surface area contributed by atoms with Crippen molar-refractivity contribution in [1.29, 1.82) is 0 Å². The number of imidazole rings is 1. The van der Waals surface area contributed by atoms with Crippen molar-refractivity contribution < 1.29 is 28.5 Å². The summed E-state index contributed by atoms with van der Waals surface area (Å²) in [6.07, 6.45) is 7.04. The summed E-state index contributed by atoms with van der Waals surface area (Å²) in [5, 5.41) is 0.821. The van der Waals surface area contributed by atoms with Gasteiger partial charge in [-0.2, -0.15) is 0 Å². The Morgan fingerprint density at radius 2 is 1.74 bits per heavy atom. The summed E-state index contributed by atoms with van der Waals surface area (Å²) in [6.45, 7) is 7.00. The summed E-state index contributed by atoms with van der Waals surface area (Å²) < 4.78 is 22.6. The zero-order valence-electron chi connectivity index (χ0n) is 25.8. The maximum atomic E-state index is 13.5. The van der Waals surface area contributed by atoms with Gasteiger partial charge in [-0.1, -0.05) is 17.5 Å². The van der Waals surface area contributed by atoms with Gasteiger partial charge in [0, 0.05) is 37.2 Å². The fourth-order valence-electron chi connectivity index (χ4n) is 5.23. The van der Waals surface area contributed by atoms with Crippen LogP contribution >= 0.6 is 23.2 Å². The van der Waals surface area contributed by atoms with Gasteiger partial charge in [-0.3, -0.25) is 9.59 Å². The van der Waals surface area contributed by atoms with Gasteiger partial charge in [0.15, 0.2) is 5.78 Å². The Morgan fingerprint density at radius 1 is 1.07 bits per heavy atom. The lowest BCUT2D eigenvalue weighted by atomic mass is 9.79. The molecule has 43 heavy (non-hydrogen) atoms. The van der Waals surface area contributed by atoms with E-state index < -0.39 is 5.41 Å². The van der Waals surface area contributed by atoms with E-state index in [4.69, 9.17) is 42.1 Å². The first-order valence-electron chi connectivity index (χ1n) is 15.0. The topological polar surface area (TPSA) is 88.9 Å². The van der Waals surface area contributed by atoms with Crippen LogP contribution in [0.25, 0.3) is 0 Å². The highest BCUT2D eigenvalue weighted by molar-refractivity contribution is 6.30. The number of ether oxygens (including phenoxy) is 4. The highest BCUT2D eigenvalue weighted by Crippen LogP contribution is 2.33. The van der Waals surface area contributed by atoms with Crippen molar-refractivity contribution in [2.24, 2.45) is 17.3 Å². The van der Waals surface area contributed by atoms with Crippen molar-refractivity contribution in [3.05, 3.63) is 46.0 Å². The molecule has 1 saturated carbocycles. The molecule has 10 heteroatoms. The quantitative estimate of drug-likeness (QED) is 0.149. The first-order chi connectivity index (χ1) is 20.6. The summed E-state index contributed by atoms with van der Waals surface area (Å²) in [6, 6.07) is 7.08. The van der Waals surface area contributed by atoms with Gasteiger partial charge >= 0.3 is 5.97 Å². The van der Waals surface area contributed by atoms with Crippen molar-refractivity contribution in [1.82, 2.24) is 9.55 Å². The Hall–Kier alpha value is -2.57. The third-order valence-corrected chi connectivity index (χ3v) is 8.14. The van der Waals surface area contributed by atoms with E-state index >= 15 is 0 Å². The molecule has 2 fully saturated rings. The van der Waals surface area contributed by atoms with E-state index in [1.54, 1.807) is 35.9 Å². The lowest BCUT2D eigenvalue weighted by molar-refractivity contribution is -0.146.